The number of ether oxygens (including phenoxy) is 1. The third kappa shape index (κ3) is 5.41. The topological polar surface area (TPSA) is 151 Å². The second-order valence-electron chi connectivity index (χ2n) is 5.41. The highest BCUT2D eigenvalue weighted by atomic mass is 32.2. The summed E-state index contributed by atoms with van der Waals surface area (Å²) >= 11 is 0. The Morgan fingerprint density at radius 1 is 1.07 bits per heavy atom. The summed E-state index contributed by atoms with van der Waals surface area (Å²) in [6.45, 7) is 0. The van der Waals surface area contributed by atoms with E-state index in [0.29, 0.717) is 16.9 Å². The van der Waals surface area contributed by atoms with Gasteiger partial charge in [-0.3, -0.25) is 4.79 Å². The number of amides is 1. The van der Waals surface area contributed by atoms with Crippen molar-refractivity contribution >= 4 is 33.3 Å². The molecule has 144 valence electrons. The Morgan fingerprint density at radius 2 is 1.64 bits per heavy atom. The molecule has 2 rings (SSSR count). The van der Waals surface area contributed by atoms with Crippen LogP contribution in [0.25, 0.3) is 0 Å². The third-order valence-electron chi connectivity index (χ3n) is 3.49. The largest absolute Gasteiger partial charge is 0.465 e. The minimum absolute atomic E-state index is 0.0985. The van der Waals surface area contributed by atoms with Crippen molar-refractivity contribution in [3.63, 3.8) is 0 Å². The number of carbonyl (C=O) groups excluding carboxylic acids is 2. The molecule has 2 aromatic carbocycles. The van der Waals surface area contributed by atoms with E-state index in [0.717, 1.165) is 0 Å². The minimum Gasteiger partial charge on any atom is -0.465 e. The van der Waals surface area contributed by atoms with Gasteiger partial charge >= 0.3 is 5.97 Å². The number of nitriles is 1. The van der Waals surface area contributed by atoms with Crippen LogP contribution in [-0.4, -0.2) is 27.4 Å². The molecule has 0 bridgehead atoms. The van der Waals surface area contributed by atoms with Crippen LogP contribution in [0.4, 0.5) is 11.4 Å². The molecule has 1 amide bonds. The molecule has 0 aliphatic carbocycles. The first-order valence-electron chi connectivity index (χ1n) is 7.74. The summed E-state index contributed by atoms with van der Waals surface area (Å²) in [7, 11) is -2.56. The van der Waals surface area contributed by atoms with E-state index in [9.17, 15) is 23.3 Å². The van der Waals surface area contributed by atoms with Crippen molar-refractivity contribution in [1.29, 1.82) is 5.26 Å². The van der Waals surface area contributed by atoms with Gasteiger partial charge in [0.15, 0.2) is 0 Å². The first-order chi connectivity index (χ1) is 13.2. The Bertz CT molecular complexity index is 1050. The number of hydrogen-bond acceptors (Lipinski definition) is 7. The van der Waals surface area contributed by atoms with E-state index in [4.69, 9.17) is 5.14 Å². The van der Waals surface area contributed by atoms with Crippen molar-refractivity contribution in [1.82, 2.24) is 0 Å². The molecule has 0 saturated heterocycles. The number of carbonyl (C=O) groups is 2. The summed E-state index contributed by atoms with van der Waals surface area (Å²) in [5.41, 5.74) is 0.984. The zero-order valence-electron chi connectivity index (χ0n) is 14.7. The quantitative estimate of drug-likeness (QED) is 0.378. The molecule has 0 unspecified atom stereocenters. The average molecular weight is 400 g/mol. The molecular formula is C18H16N4O5S. The number of nitrogens with zero attached hydrogens (tertiary/aromatic N) is 1. The van der Waals surface area contributed by atoms with Gasteiger partial charge < -0.3 is 15.4 Å². The van der Waals surface area contributed by atoms with E-state index in [-0.39, 0.29) is 10.5 Å². The molecule has 0 aromatic heterocycles. The number of primary sulfonamides is 1. The Kier molecular flexibility index (Phi) is 6.49. The second-order valence-corrected chi connectivity index (χ2v) is 6.97. The first-order valence-corrected chi connectivity index (χ1v) is 9.28. The third-order valence-corrected chi connectivity index (χ3v) is 4.42. The highest BCUT2D eigenvalue weighted by Crippen LogP contribution is 2.14. The molecule has 2 aromatic rings. The number of esters is 1. The molecule has 28 heavy (non-hydrogen) atoms. The van der Waals surface area contributed by atoms with Gasteiger partial charge in [-0.05, 0) is 48.5 Å². The molecule has 0 spiro atoms. The zero-order valence-corrected chi connectivity index (χ0v) is 15.5. The fourth-order valence-electron chi connectivity index (χ4n) is 2.05. The van der Waals surface area contributed by atoms with Crippen molar-refractivity contribution < 1.29 is 22.7 Å². The van der Waals surface area contributed by atoms with E-state index >= 15 is 0 Å². The Labute approximate surface area is 161 Å². The Hall–Kier alpha value is -3.68. The van der Waals surface area contributed by atoms with E-state index in [1.54, 1.807) is 18.2 Å². The van der Waals surface area contributed by atoms with Gasteiger partial charge in [0.1, 0.15) is 11.6 Å². The SMILES string of the molecule is COC(=O)c1ccc(N/C=C(/C#N)C(=O)Nc2ccc(S(N)(=O)=O)cc2)cc1. The van der Waals surface area contributed by atoms with Gasteiger partial charge in [-0.25, -0.2) is 18.4 Å². The number of nitrogens with two attached hydrogens (primary N) is 1. The minimum atomic E-state index is -3.83. The lowest BCUT2D eigenvalue weighted by Crippen LogP contribution is -2.15. The van der Waals surface area contributed by atoms with Crippen molar-refractivity contribution in [3.8, 4) is 6.07 Å². The molecule has 0 heterocycles. The summed E-state index contributed by atoms with van der Waals surface area (Å²) in [6, 6.07) is 13.2. The maximum Gasteiger partial charge on any atom is 0.337 e. The monoisotopic (exact) mass is 400 g/mol. The van der Waals surface area contributed by atoms with Crippen LogP contribution in [0.2, 0.25) is 0 Å². The van der Waals surface area contributed by atoms with E-state index < -0.39 is 21.9 Å². The van der Waals surface area contributed by atoms with Crippen LogP contribution in [-0.2, 0) is 19.6 Å². The summed E-state index contributed by atoms with van der Waals surface area (Å²) in [6.07, 6.45) is 1.21. The first kappa shape index (κ1) is 20.6. The van der Waals surface area contributed by atoms with E-state index in [1.807, 2.05) is 0 Å². The van der Waals surface area contributed by atoms with Gasteiger partial charge in [0.05, 0.1) is 17.6 Å². The van der Waals surface area contributed by atoms with Crippen LogP contribution in [0.15, 0.2) is 65.2 Å². The molecule has 0 radical (unpaired) electrons. The van der Waals surface area contributed by atoms with E-state index in [1.165, 1.54) is 49.7 Å². The smallest absolute Gasteiger partial charge is 0.337 e. The summed E-state index contributed by atoms with van der Waals surface area (Å²) in [5, 5.41) is 19.4. The molecule has 0 aliphatic heterocycles. The number of hydrogen-bond donors (Lipinski definition) is 3. The number of anilines is 2. The lowest BCUT2D eigenvalue weighted by Gasteiger charge is -2.06. The Morgan fingerprint density at radius 3 is 2.14 bits per heavy atom. The van der Waals surface area contributed by atoms with Crippen molar-refractivity contribution in [3.05, 3.63) is 65.9 Å². The van der Waals surface area contributed by atoms with Gasteiger partial charge in [0, 0.05) is 17.6 Å². The molecule has 0 aliphatic rings. The number of sulfonamides is 1. The lowest BCUT2D eigenvalue weighted by atomic mass is 10.2. The van der Waals surface area contributed by atoms with Gasteiger partial charge in [0.25, 0.3) is 5.91 Å². The van der Waals surface area contributed by atoms with Gasteiger partial charge in [-0.2, -0.15) is 5.26 Å². The lowest BCUT2D eigenvalue weighted by molar-refractivity contribution is -0.112. The highest BCUT2D eigenvalue weighted by Gasteiger charge is 2.11. The van der Waals surface area contributed by atoms with Crippen LogP contribution in [0.1, 0.15) is 10.4 Å². The number of methoxy groups -OCH3 is 1. The number of nitrogens with one attached hydrogen (secondary N) is 2. The van der Waals surface area contributed by atoms with Crippen molar-refractivity contribution in [2.75, 3.05) is 17.7 Å². The normalized spacial score (nSPS) is 11.2. The van der Waals surface area contributed by atoms with Crippen LogP contribution >= 0.6 is 0 Å². The van der Waals surface area contributed by atoms with Crippen LogP contribution in [0, 0.1) is 11.3 Å². The van der Waals surface area contributed by atoms with Crippen molar-refractivity contribution in [2.45, 2.75) is 4.90 Å². The van der Waals surface area contributed by atoms with Crippen molar-refractivity contribution in [2.24, 2.45) is 5.14 Å². The predicted octanol–water partition coefficient (Wildman–Crippen LogP) is 1.58. The van der Waals surface area contributed by atoms with Gasteiger partial charge in [0.2, 0.25) is 10.0 Å². The standard InChI is InChI=1S/C18H16N4O5S/c1-27-18(24)12-2-4-14(5-3-12)21-11-13(10-19)17(23)22-15-6-8-16(9-7-15)28(20,25)26/h2-9,11,21H,1H3,(H,22,23)(H2,20,25,26)/b13-11-. The highest BCUT2D eigenvalue weighted by molar-refractivity contribution is 7.89. The van der Waals surface area contributed by atoms with Gasteiger partial charge in [-0.15, -0.1) is 0 Å². The van der Waals surface area contributed by atoms with E-state index in [2.05, 4.69) is 15.4 Å². The molecule has 0 saturated carbocycles. The van der Waals surface area contributed by atoms with Gasteiger partial charge in [-0.1, -0.05) is 0 Å². The molecule has 0 atom stereocenters. The summed E-state index contributed by atoms with van der Waals surface area (Å²) < 4.78 is 27.0. The molecule has 9 nitrogen and oxygen atoms in total. The average Bonchev–Trinajstić information content (AvgIpc) is 2.68. The molecule has 4 N–H and O–H groups in total. The second kappa shape index (κ2) is 8.81. The predicted molar refractivity (Wildman–Crippen MR) is 102 cm³/mol. The Balaban J connectivity index is 2.06. The summed E-state index contributed by atoms with van der Waals surface area (Å²) in [5.74, 6) is -1.17. The van der Waals surface area contributed by atoms with Crippen LogP contribution < -0.4 is 15.8 Å². The van der Waals surface area contributed by atoms with Crippen LogP contribution in [0.5, 0.6) is 0 Å². The maximum absolute atomic E-state index is 12.2. The zero-order chi connectivity index (χ0) is 20.7. The maximum atomic E-state index is 12.2. The number of rotatable bonds is 6. The fraction of sp³-hybridized carbons (Fsp3) is 0.0556. The molecule has 10 heteroatoms. The fourth-order valence-corrected chi connectivity index (χ4v) is 2.57. The van der Waals surface area contributed by atoms with Crippen LogP contribution in [0.3, 0.4) is 0 Å². The molecular weight excluding hydrogens is 384 g/mol. The summed E-state index contributed by atoms with van der Waals surface area (Å²) in [4.78, 5) is 23.5. The molecule has 0 fully saturated rings. The number of benzene rings is 2.